The number of piperidine rings is 1. The summed E-state index contributed by atoms with van der Waals surface area (Å²) in [5, 5.41) is 19.2. The standard InChI is InChI=1S/C5H11N.C4H10N2.C4H9NO.C4H9N.C3H4N2.C3H7N/c1-2-4-6-5-3-1;1-2-6-4-3-5-1;1-3-6-4-2-5-1;1-2-4-5-3-1;1-2-5-3-4-1;1-2-4-3-1/h6H,1-5H2;5-6H,1-4H2;5H,1-4H2;5H,1-4H2;1-3H,(H,4,5);4H,1-3H2. The van der Waals surface area contributed by atoms with Crippen LogP contribution in [0.4, 0.5) is 0 Å². The van der Waals surface area contributed by atoms with Crippen LogP contribution in [0.1, 0.15) is 38.5 Å². The Morgan fingerprint density at radius 2 is 0.875 bits per heavy atom. The van der Waals surface area contributed by atoms with Gasteiger partial charge in [0.2, 0.25) is 0 Å². The van der Waals surface area contributed by atoms with Gasteiger partial charge in [0.05, 0.1) is 19.5 Å². The molecular weight excluding hydrogens is 404 g/mol. The van der Waals surface area contributed by atoms with Crippen LogP contribution in [0.15, 0.2) is 18.7 Å². The number of nitrogens with zero attached hydrogens (tertiary/aromatic N) is 1. The van der Waals surface area contributed by atoms with E-state index in [1.54, 1.807) is 18.7 Å². The molecule has 0 saturated carbocycles. The summed E-state index contributed by atoms with van der Waals surface area (Å²) in [6.07, 6.45) is 13.5. The van der Waals surface area contributed by atoms with Crippen molar-refractivity contribution in [3.63, 3.8) is 0 Å². The molecule has 9 nitrogen and oxygen atoms in total. The average Bonchev–Trinajstić information content (AvgIpc) is 3.62. The summed E-state index contributed by atoms with van der Waals surface area (Å²) < 4.78 is 5.01. The quantitative estimate of drug-likeness (QED) is 0.300. The molecular formula is C23H50N8O. The van der Waals surface area contributed by atoms with Crippen molar-refractivity contribution in [2.75, 3.05) is 91.8 Å². The van der Waals surface area contributed by atoms with Crippen molar-refractivity contribution in [2.45, 2.75) is 38.5 Å². The number of rotatable bonds is 0. The number of ether oxygens (including phenoxy) is 1. The number of hydrogen-bond donors (Lipinski definition) is 7. The van der Waals surface area contributed by atoms with Crippen molar-refractivity contribution in [1.29, 1.82) is 0 Å². The summed E-state index contributed by atoms with van der Waals surface area (Å²) in [6, 6.07) is 0. The molecule has 5 fully saturated rings. The maximum atomic E-state index is 5.01. The molecule has 5 aliphatic heterocycles. The van der Waals surface area contributed by atoms with Crippen molar-refractivity contribution in [2.24, 2.45) is 0 Å². The molecule has 0 atom stereocenters. The Bertz CT molecular complexity index is 324. The third kappa shape index (κ3) is 23.6. The fourth-order valence-corrected chi connectivity index (χ4v) is 2.94. The summed E-state index contributed by atoms with van der Waals surface area (Å²) >= 11 is 0. The van der Waals surface area contributed by atoms with Crippen LogP contribution in [-0.4, -0.2) is 102 Å². The summed E-state index contributed by atoms with van der Waals surface area (Å²) in [4.78, 5) is 6.42. The molecule has 0 unspecified atom stereocenters. The van der Waals surface area contributed by atoms with Gasteiger partial charge in [-0.15, -0.1) is 0 Å². The number of nitrogens with one attached hydrogen (secondary N) is 7. The molecule has 9 heteroatoms. The third-order valence-corrected chi connectivity index (χ3v) is 5.08. The second kappa shape index (κ2) is 26.2. The highest BCUT2D eigenvalue weighted by atomic mass is 16.5. The molecule has 0 spiro atoms. The highest BCUT2D eigenvalue weighted by Crippen LogP contribution is 1.96. The number of piperazine rings is 1. The fourth-order valence-electron chi connectivity index (χ4n) is 2.94. The molecule has 32 heavy (non-hydrogen) atoms. The molecule has 6 rings (SSSR count). The molecule has 5 aliphatic rings. The Morgan fingerprint density at radius 1 is 0.469 bits per heavy atom. The molecule has 0 aliphatic carbocycles. The van der Waals surface area contributed by atoms with Crippen LogP contribution in [0.3, 0.4) is 0 Å². The Balaban J connectivity index is 0.000000193. The molecule has 1 aromatic rings. The van der Waals surface area contributed by atoms with Gasteiger partial charge in [-0.25, -0.2) is 4.98 Å². The van der Waals surface area contributed by atoms with Crippen LogP contribution in [-0.2, 0) is 4.74 Å². The van der Waals surface area contributed by atoms with Crippen molar-refractivity contribution < 1.29 is 4.74 Å². The Morgan fingerprint density at radius 3 is 1.03 bits per heavy atom. The SMILES string of the molecule is C1CCNC1.C1CCNCC1.C1CNC1.C1CNCCN1.C1COCCN1.c1c[nH]cn1. The van der Waals surface area contributed by atoms with E-state index in [4.69, 9.17) is 4.74 Å². The van der Waals surface area contributed by atoms with E-state index in [0.717, 1.165) is 52.5 Å². The lowest BCUT2D eigenvalue weighted by Crippen LogP contribution is -2.39. The monoisotopic (exact) mass is 454 g/mol. The van der Waals surface area contributed by atoms with Crippen LogP contribution in [0.25, 0.3) is 0 Å². The lowest BCUT2D eigenvalue weighted by Gasteiger charge is -2.11. The molecule has 7 N–H and O–H groups in total. The highest BCUT2D eigenvalue weighted by Gasteiger charge is 1.95. The zero-order chi connectivity index (χ0) is 22.6. The number of hydrogen-bond acceptors (Lipinski definition) is 8. The highest BCUT2D eigenvalue weighted by molar-refractivity contribution is 4.64. The lowest BCUT2D eigenvalue weighted by atomic mass is 10.2. The third-order valence-electron chi connectivity index (χ3n) is 5.08. The molecule has 0 radical (unpaired) electrons. The summed E-state index contributed by atoms with van der Waals surface area (Å²) in [5.74, 6) is 0. The van der Waals surface area contributed by atoms with E-state index in [1.807, 2.05) is 0 Å². The van der Waals surface area contributed by atoms with Gasteiger partial charge in [-0.05, 0) is 71.4 Å². The van der Waals surface area contributed by atoms with E-state index in [9.17, 15) is 0 Å². The predicted molar refractivity (Wildman–Crippen MR) is 134 cm³/mol. The minimum absolute atomic E-state index is 0.889. The number of H-pyrrole nitrogens is 1. The summed E-state index contributed by atoms with van der Waals surface area (Å²) in [7, 11) is 0. The van der Waals surface area contributed by atoms with Crippen molar-refractivity contribution in [3.05, 3.63) is 18.7 Å². The average molecular weight is 455 g/mol. The predicted octanol–water partition coefficient (Wildman–Crippen LogP) is 0.305. The number of aromatic nitrogens is 2. The topological polar surface area (TPSA) is 110 Å². The summed E-state index contributed by atoms with van der Waals surface area (Å²) in [6.45, 7) is 15.9. The van der Waals surface area contributed by atoms with Gasteiger partial charge in [0.25, 0.3) is 0 Å². The zero-order valence-electron chi connectivity index (χ0n) is 20.2. The van der Waals surface area contributed by atoms with Crippen LogP contribution in [0, 0.1) is 0 Å². The van der Waals surface area contributed by atoms with Crippen LogP contribution < -0.4 is 31.9 Å². The van der Waals surface area contributed by atoms with Gasteiger partial charge in [0.15, 0.2) is 0 Å². The van der Waals surface area contributed by atoms with Gasteiger partial charge < -0.3 is 41.6 Å². The smallest absolute Gasteiger partial charge is 0.0919 e. The van der Waals surface area contributed by atoms with Crippen molar-refractivity contribution in [3.8, 4) is 0 Å². The minimum atomic E-state index is 0.889. The van der Waals surface area contributed by atoms with Gasteiger partial charge >= 0.3 is 0 Å². The minimum Gasteiger partial charge on any atom is -0.379 e. The van der Waals surface area contributed by atoms with Gasteiger partial charge in [-0.1, -0.05) is 6.42 Å². The van der Waals surface area contributed by atoms with E-state index < -0.39 is 0 Å². The molecule has 0 aromatic carbocycles. The van der Waals surface area contributed by atoms with Crippen LogP contribution >= 0.6 is 0 Å². The Kier molecular flexibility index (Phi) is 23.7. The zero-order valence-corrected chi connectivity index (χ0v) is 20.2. The van der Waals surface area contributed by atoms with Crippen LogP contribution in [0.2, 0.25) is 0 Å². The Hall–Kier alpha value is -1.07. The molecule has 5 saturated heterocycles. The lowest BCUT2D eigenvalue weighted by molar-refractivity contribution is 0.109. The second-order valence-corrected chi connectivity index (χ2v) is 7.99. The molecule has 1 aromatic heterocycles. The van der Waals surface area contributed by atoms with Crippen molar-refractivity contribution in [1.82, 2.24) is 41.9 Å². The fraction of sp³-hybridized carbons (Fsp3) is 0.870. The van der Waals surface area contributed by atoms with Gasteiger partial charge in [0, 0.05) is 51.7 Å². The largest absolute Gasteiger partial charge is 0.379 e. The van der Waals surface area contributed by atoms with Crippen molar-refractivity contribution >= 4 is 0 Å². The normalized spacial score (nSPS) is 21.5. The first-order valence-electron chi connectivity index (χ1n) is 12.7. The number of aromatic amines is 1. The van der Waals surface area contributed by atoms with E-state index in [2.05, 4.69) is 41.9 Å². The van der Waals surface area contributed by atoms with E-state index in [-0.39, 0.29) is 0 Å². The second-order valence-electron chi connectivity index (χ2n) is 7.99. The maximum Gasteiger partial charge on any atom is 0.0919 e. The number of imidazole rings is 1. The maximum absolute atomic E-state index is 5.01. The van der Waals surface area contributed by atoms with Gasteiger partial charge in [0.1, 0.15) is 0 Å². The molecule has 6 heterocycles. The van der Waals surface area contributed by atoms with Crippen LogP contribution in [0.5, 0.6) is 0 Å². The number of morpholine rings is 1. The summed E-state index contributed by atoms with van der Waals surface area (Å²) in [5.41, 5.74) is 0. The van der Waals surface area contributed by atoms with E-state index in [1.165, 1.54) is 77.8 Å². The Labute approximate surface area is 196 Å². The van der Waals surface area contributed by atoms with E-state index >= 15 is 0 Å². The first-order chi connectivity index (χ1) is 16.0. The molecule has 188 valence electrons. The molecule has 0 amide bonds. The van der Waals surface area contributed by atoms with Gasteiger partial charge in [-0.2, -0.15) is 0 Å². The first kappa shape index (κ1) is 29.0. The molecule has 0 bridgehead atoms. The van der Waals surface area contributed by atoms with E-state index in [0.29, 0.717) is 0 Å². The first-order valence-corrected chi connectivity index (χ1v) is 12.7. The van der Waals surface area contributed by atoms with Gasteiger partial charge in [-0.3, -0.25) is 0 Å².